The molecule has 0 saturated heterocycles. The van der Waals surface area contributed by atoms with E-state index in [1.165, 1.54) is 5.56 Å². The van der Waals surface area contributed by atoms with Crippen molar-refractivity contribution in [1.29, 1.82) is 0 Å². The van der Waals surface area contributed by atoms with E-state index in [0.717, 1.165) is 5.75 Å². The summed E-state index contributed by atoms with van der Waals surface area (Å²) in [7, 11) is 0. The lowest BCUT2D eigenvalue weighted by molar-refractivity contribution is 0.463. The predicted molar refractivity (Wildman–Crippen MR) is 55.5 cm³/mol. The zero-order valence-electron chi connectivity index (χ0n) is 7.97. The van der Waals surface area contributed by atoms with Crippen LogP contribution in [-0.2, 0) is 0 Å². The fourth-order valence-electron chi connectivity index (χ4n) is 1.13. The van der Waals surface area contributed by atoms with Crippen molar-refractivity contribution in [1.82, 2.24) is 4.98 Å². The smallest absolute Gasteiger partial charge is 0.219 e. The Hall–Kier alpha value is -1.83. The van der Waals surface area contributed by atoms with Crippen LogP contribution in [0.25, 0.3) is 0 Å². The van der Waals surface area contributed by atoms with Crippen LogP contribution in [-0.4, -0.2) is 4.98 Å². The highest BCUT2D eigenvalue weighted by atomic mass is 16.5. The van der Waals surface area contributed by atoms with Crippen molar-refractivity contribution in [3.63, 3.8) is 0 Å². The Morgan fingerprint density at radius 3 is 2.43 bits per heavy atom. The third kappa shape index (κ3) is 2.10. The molecule has 0 saturated carbocycles. The number of aryl methyl sites for hydroxylation is 1. The van der Waals surface area contributed by atoms with Gasteiger partial charge in [0.25, 0.3) is 0 Å². The van der Waals surface area contributed by atoms with Crippen molar-refractivity contribution < 1.29 is 4.74 Å². The minimum absolute atomic E-state index is 0.622. The lowest BCUT2D eigenvalue weighted by Gasteiger charge is -2.03. The summed E-state index contributed by atoms with van der Waals surface area (Å²) in [6, 6.07) is 13.5. The number of ether oxygens (including phenoxy) is 1. The molecule has 1 heterocycles. The van der Waals surface area contributed by atoms with E-state index in [-0.39, 0.29) is 0 Å². The van der Waals surface area contributed by atoms with Gasteiger partial charge in [-0.1, -0.05) is 23.8 Å². The van der Waals surface area contributed by atoms with Crippen molar-refractivity contribution in [3.05, 3.63) is 54.2 Å². The topological polar surface area (TPSA) is 22.1 Å². The van der Waals surface area contributed by atoms with Crippen LogP contribution in [0.2, 0.25) is 0 Å². The molecule has 0 unspecified atom stereocenters. The van der Waals surface area contributed by atoms with Crippen LogP contribution in [0.3, 0.4) is 0 Å². The Labute approximate surface area is 83.2 Å². The molecule has 0 atom stereocenters. The molecule has 14 heavy (non-hydrogen) atoms. The van der Waals surface area contributed by atoms with E-state index in [2.05, 4.69) is 4.98 Å². The highest BCUT2D eigenvalue weighted by molar-refractivity contribution is 5.29. The van der Waals surface area contributed by atoms with E-state index >= 15 is 0 Å². The largest absolute Gasteiger partial charge is 0.439 e. The van der Waals surface area contributed by atoms with E-state index < -0.39 is 0 Å². The third-order valence-corrected chi connectivity index (χ3v) is 1.88. The number of aromatic nitrogens is 1. The highest BCUT2D eigenvalue weighted by Gasteiger charge is 1.95. The zero-order valence-corrected chi connectivity index (χ0v) is 7.97. The lowest BCUT2D eigenvalue weighted by Crippen LogP contribution is -1.86. The third-order valence-electron chi connectivity index (χ3n) is 1.88. The molecular weight excluding hydrogens is 174 g/mol. The number of nitrogens with zero attached hydrogens (tertiary/aromatic N) is 1. The van der Waals surface area contributed by atoms with E-state index in [4.69, 9.17) is 4.74 Å². The van der Waals surface area contributed by atoms with Gasteiger partial charge in [0.2, 0.25) is 5.88 Å². The second-order valence-electron chi connectivity index (χ2n) is 3.08. The standard InChI is InChI=1S/C12H11NO/c1-10-5-7-11(8-6-10)14-12-4-2-3-9-13-12/h2-9H,1H3. The molecule has 2 nitrogen and oxygen atoms in total. The maximum atomic E-state index is 5.52. The Bertz CT molecular complexity index is 394. The molecule has 0 N–H and O–H groups in total. The summed E-state index contributed by atoms with van der Waals surface area (Å²) in [4.78, 5) is 4.07. The number of pyridine rings is 1. The average Bonchev–Trinajstić information content (AvgIpc) is 2.23. The van der Waals surface area contributed by atoms with Gasteiger partial charge < -0.3 is 4.74 Å². The van der Waals surface area contributed by atoms with Crippen LogP contribution in [0.1, 0.15) is 5.56 Å². The van der Waals surface area contributed by atoms with Gasteiger partial charge in [0.05, 0.1) is 0 Å². The lowest BCUT2D eigenvalue weighted by atomic mass is 10.2. The van der Waals surface area contributed by atoms with Gasteiger partial charge >= 0.3 is 0 Å². The van der Waals surface area contributed by atoms with Crippen LogP contribution in [0.5, 0.6) is 11.6 Å². The summed E-state index contributed by atoms with van der Waals surface area (Å²) in [6.45, 7) is 2.05. The van der Waals surface area contributed by atoms with Gasteiger partial charge in [0.15, 0.2) is 0 Å². The quantitative estimate of drug-likeness (QED) is 0.716. The van der Waals surface area contributed by atoms with Crippen molar-refractivity contribution in [2.24, 2.45) is 0 Å². The van der Waals surface area contributed by atoms with E-state index in [1.807, 2.05) is 49.4 Å². The Balaban J connectivity index is 2.16. The van der Waals surface area contributed by atoms with E-state index in [0.29, 0.717) is 5.88 Å². The maximum absolute atomic E-state index is 5.52. The molecule has 2 aromatic rings. The van der Waals surface area contributed by atoms with Gasteiger partial charge in [-0.3, -0.25) is 0 Å². The molecular formula is C12H11NO. The Kier molecular flexibility index (Phi) is 2.45. The van der Waals surface area contributed by atoms with Crippen molar-refractivity contribution in [3.8, 4) is 11.6 Å². The molecule has 0 bridgehead atoms. The second kappa shape index (κ2) is 3.92. The molecule has 0 aliphatic carbocycles. The minimum Gasteiger partial charge on any atom is -0.439 e. The van der Waals surface area contributed by atoms with Gasteiger partial charge in [-0.2, -0.15) is 0 Å². The maximum Gasteiger partial charge on any atom is 0.219 e. The van der Waals surface area contributed by atoms with Gasteiger partial charge in [-0.25, -0.2) is 4.98 Å². The molecule has 70 valence electrons. The summed E-state index contributed by atoms with van der Waals surface area (Å²) in [5.41, 5.74) is 1.22. The fourth-order valence-corrected chi connectivity index (χ4v) is 1.13. The summed E-state index contributed by atoms with van der Waals surface area (Å²) >= 11 is 0. The molecule has 2 heteroatoms. The fraction of sp³-hybridized carbons (Fsp3) is 0.0833. The molecule has 0 aliphatic rings. The first-order valence-electron chi connectivity index (χ1n) is 4.50. The van der Waals surface area contributed by atoms with Gasteiger partial charge in [-0.05, 0) is 25.1 Å². The molecule has 1 aromatic carbocycles. The minimum atomic E-state index is 0.622. The van der Waals surface area contributed by atoms with Crippen LogP contribution in [0.15, 0.2) is 48.7 Å². The zero-order chi connectivity index (χ0) is 9.80. The van der Waals surface area contributed by atoms with Crippen LogP contribution in [0.4, 0.5) is 0 Å². The molecule has 0 fully saturated rings. The summed E-state index contributed by atoms with van der Waals surface area (Å²) in [6.07, 6.45) is 1.71. The van der Waals surface area contributed by atoms with Crippen molar-refractivity contribution in [2.45, 2.75) is 6.92 Å². The molecule has 1 aromatic heterocycles. The molecule has 0 spiro atoms. The predicted octanol–water partition coefficient (Wildman–Crippen LogP) is 3.18. The highest BCUT2D eigenvalue weighted by Crippen LogP contribution is 2.18. The number of hydrogen-bond donors (Lipinski definition) is 0. The van der Waals surface area contributed by atoms with E-state index in [1.54, 1.807) is 6.20 Å². The van der Waals surface area contributed by atoms with Crippen LogP contribution < -0.4 is 4.74 Å². The first-order chi connectivity index (χ1) is 6.84. The summed E-state index contributed by atoms with van der Waals surface area (Å²) in [5.74, 6) is 1.44. The number of rotatable bonds is 2. The number of benzene rings is 1. The first kappa shape index (κ1) is 8.75. The molecule has 2 rings (SSSR count). The van der Waals surface area contributed by atoms with E-state index in [9.17, 15) is 0 Å². The van der Waals surface area contributed by atoms with Crippen molar-refractivity contribution >= 4 is 0 Å². The van der Waals surface area contributed by atoms with Gasteiger partial charge in [-0.15, -0.1) is 0 Å². The molecule has 0 amide bonds. The van der Waals surface area contributed by atoms with Gasteiger partial charge in [0, 0.05) is 12.3 Å². The average molecular weight is 185 g/mol. The molecule has 0 aliphatic heterocycles. The number of hydrogen-bond acceptors (Lipinski definition) is 2. The first-order valence-corrected chi connectivity index (χ1v) is 4.50. The second-order valence-corrected chi connectivity index (χ2v) is 3.08. The van der Waals surface area contributed by atoms with Crippen LogP contribution in [0, 0.1) is 6.92 Å². The normalized spacial score (nSPS) is 9.79. The Morgan fingerprint density at radius 1 is 1.00 bits per heavy atom. The van der Waals surface area contributed by atoms with Crippen LogP contribution >= 0.6 is 0 Å². The van der Waals surface area contributed by atoms with Crippen molar-refractivity contribution in [2.75, 3.05) is 0 Å². The Morgan fingerprint density at radius 2 is 1.79 bits per heavy atom. The SMILES string of the molecule is Cc1ccc(Oc2ccccn2)cc1. The summed E-state index contributed by atoms with van der Waals surface area (Å²) in [5, 5.41) is 0. The monoisotopic (exact) mass is 185 g/mol. The summed E-state index contributed by atoms with van der Waals surface area (Å²) < 4.78 is 5.52. The molecule has 0 radical (unpaired) electrons. The van der Waals surface area contributed by atoms with Gasteiger partial charge in [0.1, 0.15) is 5.75 Å².